The molecule has 3 N–H and O–H groups in total. The molecule has 0 saturated carbocycles. The fourth-order valence-electron chi connectivity index (χ4n) is 4.38. The maximum Gasteiger partial charge on any atom is 0.255 e. The quantitative estimate of drug-likeness (QED) is 0.239. The average molecular weight is 504 g/mol. The van der Waals surface area contributed by atoms with Crippen LogP contribution in [0.4, 0.5) is 23.0 Å². The van der Waals surface area contributed by atoms with Gasteiger partial charge in [-0.3, -0.25) is 4.79 Å². The zero-order chi connectivity index (χ0) is 26.8. The van der Waals surface area contributed by atoms with E-state index < -0.39 is 0 Å². The van der Waals surface area contributed by atoms with Gasteiger partial charge < -0.3 is 20.6 Å². The molecular formula is C31H29N5O2. The van der Waals surface area contributed by atoms with Gasteiger partial charge in [0, 0.05) is 59.9 Å². The summed E-state index contributed by atoms with van der Waals surface area (Å²) in [7, 11) is 3.87. The SMILES string of the molecule is Cc1cccc(C)c1Nc1ncc2cc(-c3cccc(NC(=O)c4cccc(N(C)C)c4)c3)c(O)cc2n1. The molecular weight excluding hydrogens is 474 g/mol. The molecule has 0 aliphatic rings. The summed E-state index contributed by atoms with van der Waals surface area (Å²) in [6.07, 6.45) is 1.74. The van der Waals surface area contributed by atoms with Gasteiger partial charge in [0.15, 0.2) is 0 Å². The van der Waals surface area contributed by atoms with Crippen LogP contribution >= 0.6 is 0 Å². The normalized spacial score (nSPS) is 10.8. The lowest BCUT2D eigenvalue weighted by molar-refractivity contribution is 0.102. The Bertz CT molecular complexity index is 1640. The number of aromatic nitrogens is 2. The highest BCUT2D eigenvalue weighted by atomic mass is 16.3. The van der Waals surface area contributed by atoms with Gasteiger partial charge in [-0.2, -0.15) is 0 Å². The topological polar surface area (TPSA) is 90.4 Å². The van der Waals surface area contributed by atoms with Crippen LogP contribution in [0, 0.1) is 13.8 Å². The van der Waals surface area contributed by atoms with E-state index in [1.807, 2.05) is 99.6 Å². The Morgan fingerprint density at radius 1 is 0.895 bits per heavy atom. The Morgan fingerprint density at radius 3 is 2.39 bits per heavy atom. The van der Waals surface area contributed by atoms with Crippen LogP contribution in [0.1, 0.15) is 21.5 Å². The highest BCUT2D eigenvalue weighted by Gasteiger charge is 2.12. The number of aromatic hydroxyl groups is 1. The first-order valence-electron chi connectivity index (χ1n) is 12.3. The highest BCUT2D eigenvalue weighted by molar-refractivity contribution is 6.05. The lowest BCUT2D eigenvalue weighted by Gasteiger charge is -2.14. The molecule has 7 heteroatoms. The predicted molar refractivity (Wildman–Crippen MR) is 155 cm³/mol. The van der Waals surface area contributed by atoms with Crippen molar-refractivity contribution < 1.29 is 9.90 Å². The monoisotopic (exact) mass is 503 g/mol. The van der Waals surface area contributed by atoms with Crippen LogP contribution in [-0.2, 0) is 0 Å². The second-order valence-electron chi connectivity index (χ2n) is 9.49. The zero-order valence-corrected chi connectivity index (χ0v) is 21.8. The number of hydrogen-bond acceptors (Lipinski definition) is 6. The van der Waals surface area contributed by atoms with Gasteiger partial charge in [-0.25, -0.2) is 9.97 Å². The van der Waals surface area contributed by atoms with Crippen molar-refractivity contribution in [3.05, 3.63) is 102 Å². The third-order valence-corrected chi connectivity index (χ3v) is 6.47. The van der Waals surface area contributed by atoms with Crippen molar-refractivity contribution in [3.63, 3.8) is 0 Å². The van der Waals surface area contributed by atoms with E-state index in [1.165, 1.54) is 0 Å². The number of benzene rings is 4. The summed E-state index contributed by atoms with van der Waals surface area (Å²) in [5, 5.41) is 17.9. The lowest BCUT2D eigenvalue weighted by Crippen LogP contribution is -2.14. The number of carbonyl (C=O) groups is 1. The molecule has 7 nitrogen and oxygen atoms in total. The van der Waals surface area contributed by atoms with E-state index >= 15 is 0 Å². The van der Waals surface area contributed by atoms with Gasteiger partial charge >= 0.3 is 0 Å². The van der Waals surface area contributed by atoms with Crippen molar-refractivity contribution in [2.75, 3.05) is 29.6 Å². The molecule has 1 aromatic heterocycles. The second kappa shape index (κ2) is 10.2. The molecule has 0 spiro atoms. The number of carbonyl (C=O) groups excluding carboxylic acids is 1. The van der Waals surface area contributed by atoms with E-state index in [-0.39, 0.29) is 11.7 Å². The largest absolute Gasteiger partial charge is 0.507 e. The number of anilines is 4. The number of fused-ring (bicyclic) bond motifs is 1. The molecule has 190 valence electrons. The Hall–Kier alpha value is -4.91. The van der Waals surface area contributed by atoms with Crippen LogP contribution < -0.4 is 15.5 Å². The van der Waals surface area contributed by atoms with Gasteiger partial charge in [0.05, 0.1) is 5.52 Å². The zero-order valence-electron chi connectivity index (χ0n) is 21.8. The smallest absolute Gasteiger partial charge is 0.255 e. The van der Waals surface area contributed by atoms with E-state index in [4.69, 9.17) is 0 Å². The molecule has 0 radical (unpaired) electrons. The fraction of sp³-hybridized carbons (Fsp3) is 0.129. The van der Waals surface area contributed by atoms with Crippen molar-refractivity contribution >= 4 is 39.8 Å². The minimum Gasteiger partial charge on any atom is -0.507 e. The summed E-state index contributed by atoms with van der Waals surface area (Å²) in [4.78, 5) is 23.9. The van der Waals surface area contributed by atoms with Gasteiger partial charge in [-0.15, -0.1) is 0 Å². The number of phenols is 1. The molecule has 0 saturated heterocycles. The molecule has 1 amide bonds. The number of phenolic OH excluding ortho intramolecular Hbond substituents is 1. The van der Waals surface area contributed by atoms with Gasteiger partial charge in [0.1, 0.15) is 5.75 Å². The highest BCUT2D eigenvalue weighted by Crippen LogP contribution is 2.34. The first-order chi connectivity index (χ1) is 18.3. The average Bonchev–Trinajstić information content (AvgIpc) is 2.90. The van der Waals surface area contributed by atoms with Crippen molar-refractivity contribution in [2.24, 2.45) is 0 Å². The minimum absolute atomic E-state index is 0.0939. The summed E-state index contributed by atoms with van der Waals surface area (Å²) >= 11 is 0. The maximum atomic E-state index is 12.9. The third-order valence-electron chi connectivity index (χ3n) is 6.47. The van der Waals surface area contributed by atoms with Gasteiger partial charge in [-0.05, 0) is 66.9 Å². The Kier molecular flexibility index (Phi) is 6.66. The van der Waals surface area contributed by atoms with Gasteiger partial charge in [0.25, 0.3) is 5.91 Å². The van der Waals surface area contributed by atoms with E-state index in [1.54, 1.807) is 18.3 Å². The van der Waals surface area contributed by atoms with E-state index in [2.05, 4.69) is 20.6 Å². The van der Waals surface area contributed by atoms with Crippen molar-refractivity contribution in [3.8, 4) is 16.9 Å². The van der Waals surface area contributed by atoms with E-state index in [9.17, 15) is 9.90 Å². The van der Waals surface area contributed by atoms with Crippen LogP contribution in [-0.4, -0.2) is 35.1 Å². The molecule has 5 aromatic rings. The number of amides is 1. The molecule has 0 aliphatic heterocycles. The molecule has 0 aliphatic carbocycles. The van der Waals surface area contributed by atoms with Crippen LogP contribution in [0.2, 0.25) is 0 Å². The number of nitrogens with zero attached hydrogens (tertiary/aromatic N) is 3. The second-order valence-corrected chi connectivity index (χ2v) is 9.49. The predicted octanol–water partition coefficient (Wildman–Crippen LogP) is 6.68. The van der Waals surface area contributed by atoms with E-state index in [0.717, 1.165) is 33.5 Å². The Morgan fingerprint density at radius 2 is 1.63 bits per heavy atom. The first kappa shape index (κ1) is 24.8. The van der Waals surface area contributed by atoms with Crippen LogP contribution in [0.3, 0.4) is 0 Å². The van der Waals surface area contributed by atoms with Crippen LogP contribution in [0.5, 0.6) is 5.75 Å². The fourth-order valence-corrected chi connectivity index (χ4v) is 4.38. The lowest BCUT2D eigenvalue weighted by atomic mass is 10.0. The molecule has 1 heterocycles. The number of aryl methyl sites for hydroxylation is 2. The number of nitrogens with one attached hydrogen (secondary N) is 2. The minimum atomic E-state index is -0.203. The first-order valence-corrected chi connectivity index (χ1v) is 12.3. The summed E-state index contributed by atoms with van der Waals surface area (Å²) in [6, 6.07) is 24.4. The molecule has 0 atom stereocenters. The summed E-state index contributed by atoms with van der Waals surface area (Å²) in [6.45, 7) is 4.07. The molecule has 4 aromatic carbocycles. The van der Waals surface area contributed by atoms with Gasteiger partial charge in [-0.1, -0.05) is 36.4 Å². The van der Waals surface area contributed by atoms with Crippen molar-refractivity contribution in [2.45, 2.75) is 13.8 Å². The van der Waals surface area contributed by atoms with Crippen LogP contribution in [0.15, 0.2) is 85.1 Å². The standard InChI is InChI=1S/C31H29N5O2/c1-19-8-5-9-20(2)29(19)35-31-32-18-23-16-26(28(37)17-27(23)34-31)21-10-6-12-24(14-21)33-30(38)22-11-7-13-25(15-22)36(3)4/h5-18,37H,1-4H3,(H,33,38)(H,32,34,35). The van der Waals surface area contributed by atoms with Crippen LogP contribution in [0.25, 0.3) is 22.0 Å². The molecule has 0 fully saturated rings. The van der Waals surface area contributed by atoms with E-state index in [0.29, 0.717) is 28.3 Å². The van der Waals surface area contributed by atoms with Gasteiger partial charge in [0.2, 0.25) is 5.95 Å². The summed E-state index contributed by atoms with van der Waals surface area (Å²) < 4.78 is 0. The Balaban J connectivity index is 1.41. The molecule has 38 heavy (non-hydrogen) atoms. The van der Waals surface area contributed by atoms with Crippen molar-refractivity contribution in [1.82, 2.24) is 9.97 Å². The number of rotatable bonds is 6. The number of hydrogen-bond donors (Lipinski definition) is 3. The number of para-hydroxylation sites is 1. The molecule has 0 unspecified atom stereocenters. The molecule has 5 rings (SSSR count). The third kappa shape index (κ3) is 5.13. The maximum absolute atomic E-state index is 12.9. The summed E-state index contributed by atoms with van der Waals surface area (Å²) in [5.41, 5.74) is 7.34. The van der Waals surface area contributed by atoms with Crippen molar-refractivity contribution in [1.29, 1.82) is 0 Å². The Labute approximate surface area is 221 Å². The summed E-state index contributed by atoms with van der Waals surface area (Å²) in [5.74, 6) is 0.354. The molecule has 0 bridgehead atoms.